The molecule has 0 radical (unpaired) electrons. The maximum Gasteiger partial charge on any atom is 0.408 e. The van der Waals surface area contributed by atoms with Gasteiger partial charge < -0.3 is 25.5 Å². The molecular formula is C27H25N7O5S. The Morgan fingerprint density at radius 3 is 2.65 bits per heavy atom. The number of rotatable bonds is 10. The number of carboxylic acids is 1. The van der Waals surface area contributed by atoms with E-state index in [9.17, 15) is 19.5 Å². The summed E-state index contributed by atoms with van der Waals surface area (Å²) in [5, 5.41) is 17.7. The summed E-state index contributed by atoms with van der Waals surface area (Å²) < 4.78 is 6.24. The number of hydrogen-bond donors (Lipinski definition) is 4. The lowest BCUT2D eigenvalue weighted by Gasteiger charge is -2.17. The lowest BCUT2D eigenvalue weighted by atomic mass is 10.2. The first-order chi connectivity index (χ1) is 19.4. The van der Waals surface area contributed by atoms with Gasteiger partial charge in [0.15, 0.2) is 5.82 Å². The van der Waals surface area contributed by atoms with Crippen molar-refractivity contribution in [2.24, 2.45) is 0 Å². The van der Waals surface area contributed by atoms with E-state index in [1.807, 2.05) is 35.7 Å². The molecule has 0 bridgehead atoms. The zero-order valence-corrected chi connectivity index (χ0v) is 22.1. The smallest absolute Gasteiger partial charge is 0.408 e. The predicted molar refractivity (Wildman–Crippen MR) is 149 cm³/mol. The van der Waals surface area contributed by atoms with Crippen molar-refractivity contribution in [1.82, 2.24) is 29.8 Å². The Hall–Kier alpha value is -5.04. The molecule has 13 heteroatoms. The highest BCUT2D eigenvalue weighted by Gasteiger charge is 2.22. The molecule has 5 rings (SSSR count). The highest BCUT2D eigenvalue weighted by atomic mass is 32.1. The van der Waals surface area contributed by atoms with Crippen LogP contribution in [0.4, 0.5) is 10.6 Å². The van der Waals surface area contributed by atoms with Crippen LogP contribution in [0, 0.1) is 6.92 Å². The van der Waals surface area contributed by atoms with Crippen molar-refractivity contribution in [1.29, 1.82) is 0 Å². The van der Waals surface area contributed by atoms with Crippen molar-refractivity contribution in [3.63, 3.8) is 0 Å². The molecule has 1 atom stereocenters. The highest BCUT2D eigenvalue weighted by molar-refractivity contribution is 7.09. The Labute approximate surface area is 231 Å². The number of alkyl carbamates (subject to hydrolysis) is 1. The van der Waals surface area contributed by atoms with Crippen LogP contribution < -0.4 is 16.3 Å². The van der Waals surface area contributed by atoms with Gasteiger partial charge in [-0.1, -0.05) is 42.5 Å². The number of H-pyrrole nitrogens is 1. The summed E-state index contributed by atoms with van der Waals surface area (Å²) in [6.07, 6.45) is 0.587. The van der Waals surface area contributed by atoms with Crippen molar-refractivity contribution in [3.05, 3.63) is 92.8 Å². The molecule has 204 valence electrons. The van der Waals surface area contributed by atoms with Crippen LogP contribution in [-0.2, 0) is 29.2 Å². The normalized spacial score (nSPS) is 11.7. The average Bonchev–Trinajstić information content (AvgIpc) is 3.60. The average molecular weight is 560 g/mol. The van der Waals surface area contributed by atoms with E-state index in [0.717, 1.165) is 26.2 Å². The minimum absolute atomic E-state index is 0.0150. The summed E-state index contributed by atoms with van der Waals surface area (Å²) in [5.74, 6) is -0.289. The molecule has 12 nitrogen and oxygen atoms in total. The highest BCUT2D eigenvalue weighted by Crippen LogP contribution is 2.23. The first kappa shape index (κ1) is 26.6. The molecule has 4 N–H and O–H groups in total. The van der Waals surface area contributed by atoms with Crippen molar-refractivity contribution in [3.8, 4) is 11.5 Å². The van der Waals surface area contributed by atoms with Crippen LogP contribution in [0.25, 0.3) is 22.6 Å². The number of imidazole rings is 1. The van der Waals surface area contributed by atoms with Crippen LogP contribution in [0.2, 0.25) is 0 Å². The number of carbonyl (C=O) groups is 2. The number of aliphatic carboxylic acids is 1. The van der Waals surface area contributed by atoms with E-state index < -0.39 is 23.8 Å². The number of carboxylic acid groups (broad SMARTS) is 1. The number of amides is 1. The molecule has 0 fully saturated rings. The molecule has 0 aliphatic heterocycles. The third-order valence-electron chi connectivity index (χ3n) is 5.95. The third kappa shape index (κ3) is 6.32. The Morgan fingerprint density at radius 1 is 1.10 bits per heavy atom. The van der Waals surface area contributed by atoms with Gasteiger partial charge in [0, 0.05) is 17.1 Å². The van der Waals surface area contributed by atoms with Gasteiger partial charge in [0.2, 0.25) is 0 Å². The second-order valence-corrected chi connectivity index (χ2v) is 9.83. The van der Waals surface area contributed by atoms with Crippen molar-refractivity contribution in [2.45, 2.75) is 32.7 Å². The zero-order valence-electron chi connectivity index (χ0n) is 21.3. The Morgan fingerprint density at radius 2 is 1.88 bits per heavy atom. The first-order valence-electron chi connectivity index (χ1n) is 12.3. The van der Waals surface area contributed by atoms with Crippen LogP contribution in [-0.4, -0.2) is 47.7 Å². The largest absolute Gasteiger partial charge is 0.480 e. The summed E-state index contributed by atoms with van der Waals surface area (Å²) >= 11 is 1.44. The fraction of sp³-hybridized carbons (Fsp3) is 0.185. The fourth-order valence-corrected chi connectivity index (χ4v) is 4.65. The van der Waals surface area contributed by atoms with Gasteiger partial charge in [0.1, 0.15) is 29.2 Å². The summed E-state index contributed by atoms with van der Waals surface area (Å²) in [6, 6.07) is 15.3. The quantitative estimate of drug-likeness (QED) is 0.200. The van der Waals surface area contributed by atoms with Gasteiger partial charge in [-0.15, -0.1) is 11.3 Å². The standard InChI is InChI=1S/C27H25N7O5S/c1-16-12-34(13-20(25(35)36)32-27(38)39-14-17-7-3-2-4-8-17)26(37)33-23(16)28-11-22-29-21(15-40-22)24-30-18-9-5-6-10-19(18)31-24/h2-10,12,15,20H,11,13-14H2,1H3,(H,30,31)(H,32,38)(H,35,36)(H,28,33,37)/t20-/m0/s1. The minimum Gasteiger partial charge on any atom is -0.480 e. The predicted octanol–water partition coefficient (Wildman–Crippen LogP) is 3.54. The summed E-state index contributed by atoms with van der Waals surface area (Å²) in [4.78, 5) is 53.1. The SMILES string of the molecule is Cc1cn(C[C@H](NC(=O)OCc2ccccc2)C(=O)O)c(=O)nc1NCc1nc(-c2nc3ccccc3[nH]2)cs1. The van der Waals surface area contributed by atoms with Crippen LogP contribution >= 0.6 is 11.3 Å². The Balaban J connectivity index is 1.20. The lowest BCUT2D eigenvalue weighted by Crippen LogP contribution is -2.45. The van der Waals surface area contributed by atoms with Crippen LogP contribution in [0.15, 0.2) is 71.0 Å². The Kier molecular flexibility index (Phi) is 7.82. The summed E-state index contributed by atoms with van der Waals surface area (Å²) in [7, 11) is 0. The van der Waals surface area contributed by atoms with E-state index in [1.165, 1.54) is 17.5 Å². The van der Waals surface area contributed by atoms with Gasteiger partial charge in [-0.05, 0) is 24.6 Å². The number of anilines is 1. The molecule has 2 aromatic carbocycles. The van der Waals surface area contributed by atoms with E-state index in [0.29, 0.717) is 29.4 Å². The van der Waals surface area contributed by atoms with Crippen LogP contribution in [0.5, 0.6) is 0 Å². The van der Waals surface area contributed by atoms with E-state index in [-0.39, 0.29) is 13.2 Å². The number of hydrogen-bond acceptors (Lipinski definition) is 9. The number of nitrogens with one attached hydrogen (secondary N) is 3. The number of para-hydroxylation sites is 2. The van der Waals surface area contributed by atoms with E-state index >= 15 is 0 Å². The number of thiazole rings is 1. The second kappa shape index (κ2) is 11.8. The number of carbonyl (C=O) groups excluding carboxylic acids is 1. The molecule has 0 aliphatic carbocycles. The number of aromatic amines is 1. The molecule has 0 aliphatic rings. The zero-order chi connectivity index (χ0) is 28.1. The van der Waals surface area contributed by atoms with Crippen molar-refractivity contribution < 1.29 is 19.4 Å². The summed E-state index contributed by atoms with van der Waals surface area (Å²) in [6.45, 7) is 1.73. The maximum atomic E-state index is 12.7. The van der Waals surface area contributed by atoms with Gasteiger partial charge in [-0.3, -0.25) is 4.57 Å². The van der Waals surface area contributed by atoms with Gasteiger partial charge >= 0.3 is 17.8 Å². The number of aryl methyl sites for hydroxylation is 1. The molecule has 0 saturated heterocycles. The molecule has 0 saturated carbocycles. The van der Waals surface area contributed by atoms with Gasteiger partial charge in [-0.25, -0.2) is 24.4 Å². The molecular weight excluding hydrogens is 534 g/mol. The van der Waals surface area contributed by atoms with Gasteiger partial charge in [-0.2, -0.15) is 4.98 Å². The number of aromatic nitrogens is 5. The summed E-state index contributed by atoms with van der Waals surface area (Å²) in [5.41, 5.74) is 3.20. The lowest BCUT2D eigenvalue weighted by molar-refractivity contribution is -0.139. The molecule has 40 heavy (non-hydrogen) atoms. The maximum absolute atomic E-state index is 12.7. The molecule has 0 spiro atoms. The topological polar surface area (TPSA) is 164 Å². The first-order valence-corrected chi connectivity index (χ1v) is 13.1. The van der Waals surface area contributed by atoms with Crippen molar-refractivity contribution >= 4 is 40.3 Å². The van der Waals surface area contributed by atoms with Gasteiger partial charge in [0.25, 0.3) is 0 Å². The molecule has 5 aromatic rings. The van der Waals surface area contributed by atoms with E-state index in [4.69, 9.17) is 4.74 Å². The minimum atomic E-state index is -1.40. The molecule has 3 heterocycles. The monoisotopic (exact) mass is 559 g/mol. The van der Waals surface area contributed by atoms with Crippen LogP contribution in [0.1, 0.15) is 16.1 Å². The number of nitrogens with zero attached hydrogens (tertiary/aromatic N) is 4. The molecule has 1 amide bonds. The number of benzene rings is 2. The van der Waals surface area contributed by atoms with E-state index in [1.54, 1.807) is 31.2 Å². The van der Waals surface area contributed by atoms with Gasteiger partial charge in [0.05, 0.1) is 24.1 Å². The molecule has 0 unspecified atom stereocenters. The molecule has 3 aromatic heterocycles. The van der Waals surface area contributed by atoms with Crippen molar-refractivity contribution in [2.75, 3.05) is 5.32 Å². The third-order valence-corrected chi connectivity index (χ3v) is 6.80. The fourth-order valence-electron chi connectivity index (χ4n) is 3.93. The number of ether oxygens (including phenoxy) is 1. The second-order valence-electron chi connectivity index (χ2n) is 8.89. The Bertz CT molecular complexity index is 1680. The number of fused-ring (bicyclic) bond motifs is 1. The van der Waals surface area contributed by atoms with E-state index in [2.05, 4.69) is 30.6 Å². The van der Waals surface area contributed by atoms with Crippen LogP contribution in [0.3, 0.4) is 0 Å².